The lowest BCUT2D eigenvalue weighted by Gasteiger charge is -2.27. The Kier molecular flexibility index (Phi) is 4.29. The van der Waals surface area contributed by atoms with Crippen molar-refractivity contribution in [1.82, 2.24) is 0 Å². The molecule has 1 aromatic carbocycles. The fourth-order valence-corrected chi connectivity index (χ4v) is 2.65. The summed E-state index contributed by atoms with van der Waals surface area (Å²) in [6.45, 7) is 3.66. The van der Waals surface area contributed by atoms with Gasteiger partial charge in [0.25, 0.3) is 0 Å². The van der Waals surface area contributed by atoms with Crippen molar-refractivity contribution in [3.05, 3.63) is 60.2 Å². The molecule has 0 spiro atoms. The van der Waals surface area contributed by atoms with E-state index in [4.69, 9.17) is 0 Å². The van der Waals surface area contributed by atoms with E-state index in [1.54, 1.807) is 12.1 Å². The number of benzene rings is 1. The monoisotopic (exact) mass is 248 g/mol. The van der Waals surface area contributed by atoms with Crippen LogP contribution in [0.25, 0.3) is 0 Å². The van der Waals surface area contributed by atoms with E-state index < -0.39 is 11.6 Å². The quantitative estimate of drug-likeness (QED) is 0.662. The van der Waals surface area contributed by atoms with Crippen molar-refractivity contribution in [2.45, 2.75) is 31.6 Å². The SMILES string of the molecule is C=CC=CC1CCC(c2ccc(F)c(F)c2)CC1. The highest BCUT2D eigenvalue weighted by atomic mass is 19.2. The van der Waals surface area contributed by atoms with Gasteiger partial charge in [0, 0.05) is 0 Å². The molecule has 1 aliphatic rings. The maximum atomic E-state index is 13.2. The third kappa shape index (κ3) is 3.06. The number of hydrogen-bond acceptors (Lipinski definition) is 0. The van der Waals surface area contributed by atoms with Gasteiger partial charge in [0.1, 0.15) is 0 Å². The summed E-state index contributed by atoms with van der Waals surface area (Å²) in [5.74, 6) is -0.527. The van der Waals surface area contributed by atoms with E-state index in [2.05, 4.69) is 12.7 Å². The van der Waals surface area contributed by atoms with Gasteiger partial charge in [0.2, 0.25) is 0 Å². The van der Waals surface area contributed by atoms with Gasteiger partial charge in [-0.25, -0.2) is 8.78 Å². The van der Waals surface area contributed by atoms with E-state index in [0.717, 1.165) is 31.2 Å². The molecule has 1 fully saturated rings. The second-order valence-corrected chi connectivity index (χ2v) is 4.91. The molecule has 1 saturated carbocycles. The van der Waals surface area contributed by atoms with Crippen LogP contribution in [0.1, 0.15) is 37.2 Å². The van der Waals surface area contributed by atoms with Crippen LogP contribution in [0.4, 0.5) is 8.78 Å². The van der Waals surface area contributed by atoms with Gasteiger partial charge in [-0.05, 0) is 55.2 Å². The summed E-state index contributed by atoms with van der Waals surface area (Å²) in [5, 5.41) is 0. The molecule has 0 nitrogen and oxygen atoms in total. The van der Waals surface area contributed by atoms with Crippen molar-refractivity contribution in [2.75, 3.05) is 0 Å². The molecule has 0 atom stereocenters. The van der Waals surface area contributed by atoms with Crippen molar-refractivity contribution in [2.24, 2.45) is 5.92 Å². The molecule has 0 N–H and O–H groups in total. The molecule has 2 heteroatoms. The molecule has 96 valence electrons. The molecule has 0 bridgehead atoms. The van der Waals surface area contributed by atoms with E-state index in [0.29, 0.717) is 11.8 Å². The standard InChI is InChI=1S/C16H18F2/c1-2-3-4-12-5-7-13(8-6-12)14-9-10-15(17)16(18)11-14/h2-4,9-13H,1,5-8H2. The summed E-state index contributed by atoms with van der Waals surface area (Å²) in [4.78, 5) is 0. The first-order valence-electron chi connectivity index (χ1n) is 6.45. The Morgan fingerprint density at radius 2 is 1.78 bits per heavy atom. The van der Waals surface area contributed by atoms with Crippen molar-refractivity contribution < 1.29 is 8.78 Å². The topological polar surface area (TPSA) is 0 Å². The zero-order chi connectivity index (χ0) is 13.0. The largest absolute Gasteiger partial charge is 0.204 e. The van der Waals surface area contributed by atoms with E-state index in [-0.39, 0.29) is 0 Å². The van der Waals surface area contributed by atoms with Crippen LogP contribution < -0.4 is 0 Å². The van der Waals surface area contributed by atoms with Gasteiger partial charge in [-0.1, -0.05) is 30.9 Å². The van der Waals surface area contributed by atoms with Gasteiger partial charge in [-0.15, -0.1) is 0 Å². The summed E-state index contributed by atoms with van der Waals surface area (Å²) in [5.41, 5.74) is 0.931. The van der Waals surface area contributed by atoms with Gasteiger partial charge in [-0.2, -0.15) is 0 Å². The highest BCUT2D eigenvalue weighted by Gasteiger charge is 2.21. The lowest BCUT2D eigenvalue weighted by Crippen LogP contribution is -2.12. The molecule has 0 heterocycles. The van der Waals surface area contributed by atoms with Gasteiger partial charge in [-0.3, -0.25) is 0 Å². The fraction of sp³-hybridized carbons (Fsp3) is 0.375. The Morgan fingerprint density at radius 3 is 2.39 bits per heavy atom. The lowest BCUT2D eigenvalue weighted by atomic mass is 9.78. The van der Waals surface area contributed by atoms with Crippen LogP contribution in [-0.2, 0) is 0 Å². The first kappa shape index (κ1) is 13.0. The summed E-state index contributed by atoms with van der Waals surface area (Å²) in [7, 11) is 0. The second kappa shape index (κ2) is 5.94. The van der Waals surface area contributed by atoms with Crippen LogP contribution in [0.3, 0.4) is 0 Å². The molecule has 2 rings (SSSR count). The molecule has 18 heavy (non-hydrogen) atoms. The van der Waals surface area contributed by atoms with Gasteiger partial charge >= 0.3 is 0 Å². The van der Waals surface area contributed by atoms with Crippen LogP contribution in [0.15, 0.2) is 43.0 Å². The minimum Gasteiger partial charge on any atom is -0.204 e. The third-order valence-corrected chi connectivity index (χ3v) is 3.71. The minimum atomic E-state index is -0.763. The van der Waals surface area contributed by atoms with Crippen LogP contribution in [-0.4, -0.2) is 0 Å². The Hall–Kier alpha value is -1.44. The number of rotatable bonds is 3. The highest BCUT2D eigenvalue weighted by Crippen LogP contribution is 2.36. The van der Waals surface area contributed by atoms with Gasteiger partial charge in [0.15, 0.2) is 11.6 Å². The molecule has 0 aliphatic heterocycles. The average Bonchev–Trinajstić information content (AvgIpc) is 2.40. The zero-order valence-electron chi connectivity index (χ0n) is 10.4. The van der Waals surface area contributed by atoms with E-state index in [1.807, 2.05) is 6.08 Å². The Morgan fingerprint density at radius 1 is 1.06 bits per heavy atom. The van der Waals surface area contributed by atoms with Crippen LogP contribution >= 0.6 is 0 Å². The third-order valence-electron chi connectivity index (χ3n) is 3.71. The molecule has 1 aliphatic carbocycles. The second-order valence-electron chi connectivity index (χ2n) is 4.91. The van der Waals surface area contributed by atoms with Gasteiger partial charge in [0.05, 0.1) is 0 Å². The molecule has 1 aromatic rings. The van der Waals surface area contributed by atoms with Crippen LogP contribution in [0, 0.1) is 17.6 Å². The smallest absolute Gasteiger partial charge is 0.159 e. The van der Waals surface area contributed by atoms with Crippen molar-refractivity contribution in [3.63, 3.8) is 0 Å². The number of hydrogen-bond donors (Lipinski definition) is 0. The summed E-state index contributed by atoms with van der Waals surface area (Å²) in [6.07, 6.45) is 10.3. The molecular weight excluding hydrogens is 230 g/mol. The highest BCUT2D eigenvalue weighted by molar-refractivity contribution is 5.22. The predicted molar refractivity (Wildman–Crippen MR) is 70.4 cm³/mol. The predicted octanol–water partition coefficient (Wildman–Crippen LogP) is 4.98. The Balaban J connectivity index is 1.98. The molecule has 0 saturated heterocycles. The van der Waals surface area contributed by atoms with Crippen molar-refractivity contribution in [1.29, 1.82) is 0 Å². The normalized spacial score (nSPS) is 24.3. The lowest BCUT2D eigenvalue weighted by molar-refractivity contribution is 0.374. The van der Waals surface area contributed by atoms with Crippen LogP contribution in [0.2, 0.25) is 0 Å². The average molecular weight is 248 g/mol. The van der Waals surface area contributed by atoms with E-state index in [1.165, 1.54) is 12.1 Å². The van der Waals surface area contributed by atoms with Gasteiger partial charge < -0.3 is 0 Å². The number of halogens is 2. The Labute approximate surface area is 107 Å². The maximum absolute atomic E-state index is 13.2. The molecule has 0 aromatic heterocycles. The minimum absolute atomic E-state index is 0.369. The summed E-state index contributed by atoms with van der Waals surface area (Å²) < 4.78 is 26.1. The zero-order valence-corrected chi connectivity index (χ0v) is 10.4. The number of allylic oxidation sites excluding steroid dienone is 3. The first-order valence-corrected chi connectivity index (χ1v) is 6.45. The molecule has 0 amide bonds. The Bertz CT molecular complexity index is 440. The van der Waals surface area contributed by atoms with E-state index >= 15 is 0 Å². The summed E-state index contributed by atoms with van der Waals surface area (Å²) >= 11 is 0. The molecular formula is C16H18F2. The fourth-order valence-electron chi connectivity index (χ4n) is 2.65. The first-order chi connectivity index (χ1) is 8.70. The molecule has 0 radical (unpaired) electrons. The molecule has 0 unspecified atom stereocenters. The summed E-state index contributed by atoms with van der Waals surface area (Å²) in [6, 6.07) is 4.29. The van der Waals surface area contributed by atoms with Crippen LogP contribution in [0.5, 0.6) is 0 Å². The van der Waals surface area contributed by atoms with E-state index in [9.17, 15) is 8.78 Å². The maximum Gasteiger partial charge on any atom is 0.159 e. The van der Waals surface area contributed by atoms with Crippen molar-refractivity contribution >= 4 is 0 Å². The van der Waals surface area contributed by atoms with Crippen molar-refractivity contribution in [3.8, 4) is 0 Å².